The number of hydrogen-bond acceptors (Lipinski definition) is 8. The van der Waals surface area contributed by atoms with Gasteiger partial charge in [0.1, 0.15) is 22.4 Å². The summed E-state index contributed by atoms with van der Waals surface area (Å²) in [5.41, 5.74) is 4.11. The van der Waals surface area contributed by atoms with Crippen molar-refractivity contribution in [3.8, 4) is 5.75 Å². The summed E-state index contributed by atoms with van der Waals surface area (Å²) in [6, 6.07) is 12.0. The first-order chi connectivity index (χ1) is 21.4. The van der Waals surface area contributed by atoms with Gasteiger partial charge in [-0.15, -0.1) is 0 Å². The molecule has 6 rings (SSSR count). The Kier molecular flexibility index (Phi) is 8.69. The second kappa shape index (κ2) is 13.0. The maximum Gasteiger partial charge on any atom is 0.274 e. The number of nitrogens with zero attached hydrogens (tertiary/aromatic N) is 5. The van der Waals surface area contributed by atoms with Gasteiger partial charge in [0.05, 0.1) is 38.0 Å². The van der Waals surface area contributed by atoms with E-state index in [-0.39, 0.29) is 28.0 Å². The van der Waals surface area contributed by atoms with Crippen LogP contribution in [-0.4, -0.2) is 38.1 Å². The van der Waals surface area contributed by atoms with Crippen LogP contribution >= 0.6 is 11.6 Å². The number of allylic oxidation sites excluding steroid dienone is 2. The zero-order valence-electron chi connectivity index (χ0n) is 24.5. The van der Waals surface area contributed by atoms with Gasteiger partial charge in [0, 0.05) is 19.8 Å². The number of nitrogens with one attached hydrogen (secondary N) is 2. The van der Waals surface area contributed by atoms with E-state index in [4.69, 9.17) is 26.5 Å². The number of aliphatic imine (C=N–C) groups is 1. The molecule has 4 N–H and O–H groups in total. The molecule has 1 unspecified atom stereocenters. The molecule has 2 aliphatic rings. The number of halogens is 1. The summed E-state index contributed by atoms with van der Waals surface area (Å²) in [5, 5.41) is 13.1. The largest absolute Gasteiger partial charge is 0.446 e. The molecule has 226 valence electrons. The van der Waals surface area contributed by atoms with Crippen molar-refractivity contribution in [2.75, 3.05) is 11.9 Å². The molecule has 4 heterocycles. The molecule has 44 heavy (non-hydrogen) atoms. The van der Waals surface area contributed by atoms with Crippen LogP contribution < -0.4 is 20.9 Å². The van der Waals surface area contributed by atoms with E-state index in [2.05, 4.69) is 27.2 Å². The van der Waals surface area contributed by atoms with Crippen LogP contribution in [0.3, 0.4) is 0 Å². The van der Waals surface area contributed by atoms with E-state index in [1.165, 1.54) is 6.20 Å². The summed E-state index contributed by atoms with van der Waals surface area (Å²) in [6.07, 6.45) is 11.8. The first-order valence-electron chi connectivity index (χ1n) is 14.5. The number of nitrogens with two attached hydrogens (primary N) is 1. The van der Waals surface area contributed by atoms with E-state index in [0.717, 1.165) is 30.2 Å². The first-order valence-corrected chi connectivity index (χ1v) is 14.9. The van der Waals surface area contributed by atoms with E-state index < -0.39 is 0 Å². The van der Waals surface area contributed by atoms with Crippen molar-refractivity contribution in [3.05, 3.63) is 99.2 Å². The quantitative estimate of drug-likeness (QED) is 0.158. The lowest BCUT2D eigenvalue weighted by Crippen LogP contribution is -2.77. The molecule has 1 atom stereocenters. The molecule has 0 radical (unpaired) electrons. The Labute approximate surface area is 259 Å². The van der Waals surface area contributed by atoms with Crippen molar-refractivity contribution >= 4 is 46.8 Å². The highest BCUT2D eigenvalue weighted by atomic mass is 35.5. The minimum atomic E-state index is -0.138. The van der Waals surface area contributed by atoms with E-state index in [1.54, 1.807) is 40.1 Å². The topological polar surface area (TPSA) is 136 Å². The molecule has 1 aromatic carbocycles. The van der Waals surface area contributed by atoms with Crippen molar-refractivity contribution in [2.24, 2.45) is 18.0 Å². The minimum Gasteiger partial charge on any atom is -0.446 e. The molecule has 1 aliphatic carbocycles. The van der Waals surface area contributed by atoms with Crippen LogP contribution in [0, 0.1) is 11.3 Å². The van der Waals surface area contributed by atoms with E-state index in [9.17, 15) is 4.79 Å². The number of ether oxygens (including phenoxy) is 2. The predicted octanol–water partition coefficient (Wildman–Crippen LogP) is 4.62. The molecule has 4 aromatic rings. The number of aromatic nitrogens is 4. The number of anilines is 2. The Morgan fingerprint density at radius 1 is 1.30 bits per heavy atom. The first kappa shape index (κ1) is 29.5. The van der Waals surface area contributed by atoms with Crippen LogP contribution in [0.1, 0.15) is 36.8 Å². The summed E-state index contributed by atoms with van der Waals surface area (Å²) in [5.74, 6) is 1.55. The van der Waals surface area contributed by atoms with Gasteiger partial charge in [-0.25, -0.2) is 4.98 Å². The summed E-state index contributed by atoms with van der Waals surface area (Å²) < 4.78 is 15.4. The van der Waals surface area contributed by atoms with Gasteiger partial charge in [-0.1, -0.05) is 48.9 Å². The molecule has 12 heteroatoms. The lowest BCUT2D eigenvalue weighted by molar-refractivity contribution is -0.528. The maximum atomic E-state index is 13.7. The minimum absolute atomic E-state index is 0.130. The molecule has 0 saturated heterocycles. The van der Waals surface area contributed by atoms with Crippen LogP contribution in [0.4, 0.5) is 11.6 Å². The molecular formula is C32H34ClN8O3+. The van der Waals surface area contributed by atoms with Crippen LogP contribution in [-0.2, 0) is 24.9 Å². The molecule has 1 saturated carbocycles. The van der Waals surface area contributed by atoms with Gasteiger partial charge in [-0.3, -0.25) is 15.1 Å². The van der Waals surface area contributed by atoms with Crippen molar-refractivity contribution in [1.29, 1.82) is 5.41 Å². The van der Waals surface area contributed by atoms with Crippen LogP contribution in [0.5, 0.6) is 5.75 Å². The molecule has 0 bridgehead atoms. The van der Waals surface area contributed by atoms with E-state index in [1.807, 2.05) is 42.6 Å². The summed E-state index contributed by atoms with van der Waals surface area (Å²) in [6.45, 7) is 3.69. The van der Waals surface area contributed by atoms with Crippen molar-refractivity contribution < 1.29 is 14.8 Å². The summed E-state index contributed by atoms with van der Waals surface area (Å²) in [7, 11) is 1.80. The third-order valence-electron chi connectivity index (χ3n) is 7.53. The number of hydrogen-bond donors (Lipinski definition) is 3. The predicted molar refractivity (Wildman–Crippen MR) is 171 cm³/mol. The van der Waals surface area contributed by atoms with Gasteiger partial charge in [0.25, 0.3) is 5.56 Å². The summed E-state index contributed by atoms with van der Waals surface area (Å²) >= 11 is 6.79. The SMILES string of the molecule is CC(COCc1ccccc1)Cn1cc(C2CC2)cc(Nc2nc3ncc(O/C(C=N)=C4\C=NC=C[NH2+]4)c(Cl)c3n2C)c1=O. The monoisotopic (exact) mass is 613 g/mol. The molecule has 3 aromatic heterocycles. The number of pyridine rings is 2. The van der Waals surface area contributed by atoms with Gasteiger partial charge in [-0.2, -0.15) is 4.98 Å². The van der Waals surface area contributed by atoms with Gasteiger partial charge in [0.2, 0.25) is 11.7 Å². The van der Waals surface area contributed by atoms with Gasteiger partial charge in [0.15, 0.2) is 17.1 Å². The molecule has 1 aliphatic heterocycles. The molecular weight excluding hydrogens is 580 g/mol. The number of fused-ring (bicyclic) bond motifs is 1. The Hall–Kier alpha value is -4.58. The third-order valence-corrected chi connectivity index (χ3v) is 7.89. The van der Waals surface area contributed by atoms with Crippen molar-refractivity contribution in [2.45, 2.75) is 38.8 Å². The normalized spacial score (nSPS) is 16.2. The van der Waals surface area contributed by atoms with Crippen LogP contribution in [0.25, 0.3) is 11.2 Å². The highest BCUT2D eigenvalue weighted by molar-refractivity contribution is 6.36. The average Bonchev–Trinajstić information content (AvgIpc) is 3.84. The van der Waals surface area contributed by atoms with Crippen molar-refractivity contribution in [1.82, 2.24) is 19.1 Å². The Morgan fingerprint density at radius 2 is 2.11 bits per heavy atom. The van der Waals surface area contributed by atoms with E-state index in [0.29, 0.717) is 54.2 Å². The van der Waals surface area contributed by atoms with Crippen molar-refractivity contribution in [3.63, 3.8) is 0 Å². The fraction of sp³-hybridized carbons (Fsp3) is 0.281. The van der Waals surface area contributed by atoms with Gasteiger partial charge in [-0.05, 0) is 41.9 Å². The average molecular weight is 614 g/mol. The third kappa shape index (κ3) is 6.49. The summed E-state index contributed by atoms with van der Waals surface area (Å²) in [4.78, 5) is 26.8. The second-order valence-electron chi connectivity index (χ2n) is 11.1. The van der Waals surface area contributed by atoms with Gasteiger partial charge >= 0.3 is 0 Å². The zero-order chi connectivity index (χ0) is 30.6. The highest BCUT2D eigenvalue weighted by Crippen LogP contribution is 2.40. The lowest BCUT2D eigenvalue weighted by atomic mass is 10.1. The Bertz CT molecular complexity index is 1840. The van der Waals surface area contributed by atoms with Gasteiger partial charge < -0.3 is 29.3 Å². The fourth-order valence-electron chi connectivity index (χ4n) is 5.08. The Balaban J connectivity index is 1.23. The Morgan fingerprint density at radius 3 is 2.84 bits per heavy atom. The number of aryl methyl sites for hydroxylation is 1. The fourth-order valence-corrected chi connectivity index (χ4v) is 5.38. The number of rotatable bonds is 12. The maximum absolute atomic E-state index is 13.7. The lowest BCUT2D eigenvalue weighted by Gasteiger charge is -2.17. The standard InChI is InChI=1S/C32H33ClN8O3/c1-20(18-43-19-21-6-4-3-5-7-21)16-41-17-23(22-8-9-22)12-24(31(41)42)38-32-39-30-29(40(32)2)28(33)27(15-37-30)44-26(13-34)25-14-35-10-11-36-25/h3-7,10-15,17,20,22,34,36H,8-9,16,18-19H2,1-2H3,(H,37,38,39)/p+1/b26-25+,34-13?. The number of quaternary nitrogens is 1. The molecule has 1 fully saturated rings. The van der Waals surface area contributed by atoms with E-state index >= 15 is 0 Å². The number of imidazole rings is 1. The zero-order valence-corrected chi connectivity index (χ0v) is 25.3. The number of benzene rings is 1. The molecule has 0 amide bonds. The van der Waals surface area contributed by atoms with Crippen LogP contribution in [0.15, 0.2) is 82.4 Å². The second-order valence-corrected chi connectivity index (χ2v) is 11.5. The molecule has 11 nitrogen and oxygen atoms in total. The van der Waals surface area contributed by atoms with Crippen LogP contribution in [0.2, 0.25) is 5.02 Å². The smallest absolute Gasteiger partial charge is 0.274 e. The highest BCUT2D eigenvalue weighted by Gasteiger charge is 2.26. The molecule has 0 spiro atoms.